The van der Waals surface area contributed by atoms with Gasteiger partial charge in [0, 0.05) is 30.8 Å². The number of carbonyl (C=O) groups excluding carboxylic acids is 1. The predicted octanol–water partition coefficient (Wildman–Crippen LogP) is 2.98. The molecule has 0 amide bonds. The average molecular weight is 368 g/mol. The molecular weight excluding hydrogens is 340 g/mol. The summed E-state index contributed by atoms with van der Waals surface area (Å²) in [6.07, 6.45) is 3.98. The summed E-state index contributed by atoms with van der Waals surface area (Å²) in [5.41, 5.74) is 1.03. The number of aliphatic hydroxyl groups is 1. The summed E-state index contributed by atoms with van der Waals surface area (Å²) in [5.74, 6) is 0.987. The summed E-state index contributed by atoms with van der Waals surface area (Å²) in [6.45, 7) is 4.05. The summed E-state index contributed by atoms with van der Waals surface area (Å²) in [6, 6.07) is 13.6. The van der Waals surface area contributed by atoms with Gasteiger partial charge >= 0.3 is 0 Å². The lowest BCUT2D eigenvalue weighted by molar-refractivity contribution is 0.0351. The Labute approximate surface area is 161 Å². The molecule has 0 radical (unpaired) electrons. The number of hydrogen-bond donors (Lipinski definition) is 1. The fraction of sp³-hybridized carbons (Fsp3) is 0.455. The molecule has 5 heteroatoms. The third-order valence-corrected chi connectivity index (χ3v) is 5.16. The van der Waals surface area contributed by atoms with Crippen LogP contribution in [0.25, 0.3) is 0 Å². The number of methoxy groups -OCH3 is 1. The molecule has 2 atom stereocenters. The van der Waals surface area contributed by atoms with Gasteiger partial charge in [0.1, 0.15) is 0 Å². The van der Waals surface area contributed by atoms with Crippen molar-refractivity contribution in [2.45, 2.75) is 31.8 Å². The van der Waals surface area contributed by atoms with E-state index < -0.39 is 5.60 Å². The SMILES string of the molecule is COc1ccc(C(=O)CN2CCC(CC(C)(O)Cc3ccccc3)C2)cn1. The zero-order valence-corrected chi connectivity index (χ0v) is 16.1. The second kappa shape index (κ2) is 8.63. The van der Waals surface area contributed by atoms with Crippen molar-refractivity contribution in [2.75, 3.05) is 26.7 Å². The number of ketones is 1. The molecule has 1 N–H and O–H groups in total. The Morgan fingerprint density at radius 2 is 2.07 bits per heavy atom. The van der Waals surface area contributed by atoms with Crippen LogP contribution in [0.1, 0.15) is 35.7 Å². The molecule has 0 aliphatic carbocycles. The number of pyridine rings is 1. The van der Waals surface area contributed by atoms with Crippen LogP contribution in [0.2, 0.25) is 0 Å². The third kappa shape index (κ3) is 5.62. The summed E-state index contributed by atoms with van der Waals surface area (Å²) in [7, 11) is 1.56. The van der Waals surface area contributed by atoms with E-state index in [2.05, 4.69) is 22.0 Å². The monoisotopic (exact) mass is 368 g/mol. The van der Waals surface area contributed by atoms with Crippen molar-refractivity contribution in [3.63, 3.8) is 0 Å². The van der Waals surface area contributed by atoms with E-state index in [9.17, 15) is 9.90 Å². The van der Waals surface area contributed by atoms with Crippen molar-refractivity contribution in [2.24, 2.45) is 5.92 Å². The molecule has 1 fully saturated rings. The quantitative estimate of drug-likeness (QED) is 0.726. The van der Waals surface area contributed by atoms with E-state index in [-0.39, 0.29) is 5.78 Å². The molecule has 27 heavy (non-hydrogen) atoms. The summed E-state index contributed by atoms with van der Waals surface area (Å²) < 4.78 is 5.03. The van der Waals surface area contributed by atoms with Gasteiger partial charge in [0.05, 0.1) is 19.3 Å². The Bertz CT molecular complexity index is 744. The van der Waals surface area contributed by atoms with Crippen LogP contribution in [0, 0.1) is 5.92 Å². The molecule has 2 aromatic rings. The number of carbonyl (C=O) groups is 1. The summed E-state index contributed by atoms with van der Waals surface area (Å²) in [5, 5.41) is 10.8. The first-order valence-electron chi connectivity index (χ1n) is 9.47. The minimum atomic E-state index is -0.730. The number of benzene rings is 1. The van der Waals surface area contributed by atoms with E-state index in [4.69, 9.17) is 4.74 Å². The molecule has 3 rings (SSSR count). The molecule has 1 saturated heterocycles. The number of rotatable bonds is 8. The maximum atomic E-state index is 12.5. The van der Waals surface area contributed by atoms with Gasteiger partial charge in [-0.25, -0.2) is 4.98 Å². The molecule has 0 saturated carbocycles. The lowest BCUT2D eigenvalue weighted by Crippen LogP contribution is -2.32. The first-order valence-corrected chi connectivity index (χ1v) is 9.47. The van der Waals surface area contributed by atoms with Gasteiger partial charge in [-0.1, -0.05) is 30.3 Å². The highest BCUT2D eigenvalue weighted by Gasteiger charge is 2.31. The van der Waals surface area contributed by atoms with E-state index in [1.165, 1.54) is 0 Å². The Balaban J connectivity index is 1.49. The smallest absolute Gasteiger partial charge is 0.212 e. The van der Waals surface area contributed by atoms with Crippen LogP contribution in [0.3, 0.4) is 0 Å². The highest BCUT2D eigenvalue weighted by atomic mass is 16.5. The molecular formula is C22H28N2O3. The van der Waals surface area contributed by atoms with Crippen molar-refractivity contribution in [3.8, 4) is 5.88 Å². The highest BCUT2D eigenvalue weighted by molar-refractivity contribution is 5.97. The van der Waals surface area contributed by atoms with Crippen LogP contribution in [0.15, 0.2) is 48.7 Å². The lowest BCUT2D eigenvalue weighted by Gasteiger charge is -2.27. The molecule has 1 aromatic carbocycles. The van der Waals surface area contributed by atoms with Gasteiger partial charge < -0.3 is 9.84 Å². The van der Waals surface area contributed by atoms with Crippen molar-refractivity contribution >= 4 is 5.78 Å². The first-order chi connectivity index (χ1) is 12.9. The molecule has 1 aliphatic rings. The van der Waals surface area contributed by atoms with Crippen LogP contribution in [-0.4, -0.2) is 53.1 Å². The van der Waals surface area contributed by atoms with Gasteiger partial charge in [0.25, 0.3) is 0 Å². The number of ether oxygens (including phenoxy) is 1. The van der Waals surface area contributed by atoms with Gasteiger partial charge in [-0.05, 0) is 43.9 Å². The Morgan fingerprint density at radius 3 is 2.74 bits per heavy atom. The van der Waals surface area contributed by atoms with E-state index in [0.717, 1.165) is 31.5 Å². The average Bonchev–Trinajstić information content (AvgIpc) is 3.08. The number of Topliss-reactive ketones (excluding diaryl/α,β-unsaturated/α-hetero) is 1. The van der Waals surface area contributed by atoms with Gasteiger partial charge in [0.2, 0.25) is 5.88 Å². The Hall–Kier alpha value is -2.24. The zero-order valence-electron chi connectivity index (χ0n) is 16.1. The molecule has 0 spiro atoms. The maximum Gasteiger partial charge on any atom is 0.212 e. The minimum absolute atomic E-state index is 0.0712. The van der Waals surface area contributed by atoms with Gasteiger partial charge in [-0.2, -0.15) is 0 Å². The topological polar surface area (TPSA) is 62.7 Å². The fourth-order valence-electron chi connectivity index (χ4n) is 3.91. The predicted molar refractivity (Wildman–Crippen MR) is 105 cm³/mol. The fourth-order valence-corrected chi connectivity index (χ4v) is 3.91. The molecule has 1 aliphatic heterocycles. The Kier molecular flexibility index (Phi) is 6.24. The van der Waals surface area contributed by atoms with Crippen molar-refractivity contribution in [3.05, 3.63) is 59.8 Å². The largest absolute Gasteiger partial charge is 0.481 e. The molecule has 2 heterocycles. The second-order valence-electron chi connectivity index (χ2n) is 7.77. The normalized spacial score (nSPS) is 19.6. The van der Waals surface area contributed by atoms with Gasteiger partial charge in [-0.15, -0.1) is 0 Å². The number of likely N-dealkylation sites (tertiary alicyclic amines) is 1. The number of nitrogens with zero attached hydrogens (tertiary/aromatic N) is 2. The van der Waals surface area contributed by atoms with Gasteiger partial charge in [-0.3, -0.25) is 9.69 Å². The van der Waals surface area contributed by atoms with Crippen LogP contribution < -0.4 is 4.74 Å². The van der Waals surface area contributed by atoms with E-state index in [0.29, 0.717) is 30.3 Å². The van der Waals surface area contributed by atoms with E-state index in [1.54, 1.807) is 25.4 Å². The zero-order chi connectivity index (χ0) is 19.3. The van der Waals surface area contributed by atoms with E-state index in [1.807, 2.05) is 25.1 Å². The molecule has 5 nitrogen and oxygen atoms in total. The first kappa shape index (κ1) is 19.5. The number of aromatic nitrogens is 1. The number of hydrogen-bond acceptors (Lipinski definition) is 5. The minimum Gasteiger partial charge on any atom is -0.481 e. The third-order valence-electron chi connectivity index (χ3n) is 5.16. The maximum absolute atomic E-state index is 12.5. The highest BCUT2D eigenvalue weighted by Crippen LogP contribution is 2.28. The van der Waals surface area contributed by atoms with Crippen LogP contribution in [0.4, 0.5) is 0 Å². The molecule has 2 unspecified atom stereocenters. The Morgan fingerprint density at radius 1 is 1.30 bits per heavy atom. The van der Waals surface area contributed by atoms with Gasteiger partial charge in [0.15, 0.2) is 5.78 Å². The van der Waals surface area contributed by atoms with Crippen molar-refractivity contribution < 1.29 is 14.6 Å². The standard InChI is InChI=1S/C22H28N2O3/c1-22(26,12-17-6-4-3-5-7-17)13-18-10-11-24(15-18)16-20(25)19-8-9-21(27-2)23-14-19/h3-9,14,18,26H,10-13,15-16H2,1-2H3. The molecule has 1 aromatic heterocycles. The van der Waals surface area contributed by atoms with Crippen molar-refractivity contribution in [1.82, 2.24) is 9.88 Å². The second-order valence-corrected chi connectivity index (χ2v) is 7.77. The summed E-state index contributed by atoms with van der Waals surface area (Å²) >= 11 is 0. The lowest BCUT2D eigenvalue weighted by atomic mass is 9.86. The van der Waals surface area contributed by atoms with Crippen LogP contribution in [-0.2, 0) is 6.42 Å². The summed E-state index contributed by atoms with van der Waals surface area (Å²) in [4.78, 5) is 18.7. The molecule has 0 bridgehead atoms. The molecule has 144 valence electrons. The van der Waals surface area contributed by atoms with Crippen molar-refractivity contribution in [1.29, 1.82) is 0 Å². The van der Waals surface area contributed by atoms with E-state index >= 15 is 0 Å². The van der Waals surface area contributed by atoms with Crippen LogP contribution in [0.5, 0.6) is 5.88 Å². The van der Waals surface area contributed by atoms with Crippen LogP contribution >= 0.6 is 0 Å².